The van der Waals surface area contributed by atoms with Crippen LogP contribution in [0.15, 0.2) is 20.4 Å². The van der Waals surface area contributed by atoms with E-state index >= 15 is 0 Å². The Hall–Kier alpha value is -1.89. The molecule has 0 aromatic carbocycles. The smallest absolute Gasteiger partial charge is 0.331 e. The van der Waals surface area contributed by atoms with Crippen molar-refractivity contribution >= 4 is 21.6 Å². The van der Waals surface area contributed by atoms with Crippen LogP contribution in [0.5, 0.6) is 5.75 Å². The van der Waals surface area contributed by atoms with Crippen molar-refractivity contribution in [3.8, 4) is 5.75 Å². The van der Waals surface area contributed by atoms with E-state index in [1.807, 2.05) is 0 Å². The van der Waals surface area contributed by atoms with Crippen LogP contribution in [-0.4, -0.2) is 14.2 Å². The molecule has 16 heavy (non-hydrogen) atoms. The molecule has 1 N–H and O–H groups in total. The Kier molecular flexibility index (Phi) is 2.20. The lowest BCUT2D eigenvalue weighted by molar-refractivity contribution is 0.480. The van der Waals surface area contributed by atoms with Gasteiger partial charge in [0.25, 0.3) is 5.56 Å². The van der Waals surface area contributed by atoms with Crippen molar-refractivity contribution in [2.75, 3.05) is 0 Å². The van der Waals surface area contributed by atoms with E-state index in [-0.39, 0.29) is 10.2 Å². The Morgan fingerprint density at radius 2 is 1.81 bits per heavy atom. The van der Waals surface area contributed by atoms with Crippen molar-refractivity contribution in [1.82, 2.24) is 9.13 Å². The fourth-order valence-corrected chi connectivity index (χ4v) is 2.34. The van der Waals surface area contributed by atoms with Crippen LogP contribution in [0.1, 0.15) is 0 Å². The number of aromatic nitrogens is 2. The lowest BCUT2D eigenvalue weighted by atomic mass is 10.3. The molecule has 0 aliphatic carbocycles. The number of aryl methyl sites for hydroxylation is 1. The first kappa shape index (κ1) is 10.6. The zero-order valence-corrected chi connectivity index (χ0v) is 9.37. The number of nitrogens with zero attached hydrogens (tertiary/aromatic N) is 2. The standard InChI is InChI=1S/C9H8N2O4S/c1-10-7(14)6-4(12)3-5(13)16-8(6)11(2)9(10)15/h3,12H,1-2H3. The Morgan fingerprint density at radius 3 is 2.44 bits per heavy atom. The molecular formula is C9H8N2O4S. The molecule has 0 saturated carbocycles. The summed E-state index contributed by atoms with van der Waals surface area (Å²) in [5.41, 5.74) is -1.13. The summed E-state index contributed by atoms with van der Waals surface area (Å²) < 4.78 is 1.65. The van der Waals surface area contributed by atoms with Gasteiger partial charge in [0.15, 0.2) is 0 Å². The lowest BCUT2D eigenvalue weighted by Gasteiger charge is -2.06. The molecule has 2 aromatic rings. The molecule has 0 radical (unpaired) electrons. The highest BCUT2D eigenvalue weighted by Crippen LogP contribution is 2.19. The maximum atomic E-state index is 11.7. The van der Waals surface area contributed by atoms with Crippen LogP contribution in [0, 0.1) is 0 Å². The highest BCUT2D eigenvalue weighted by Gasteiger charge is 2.13. The van der Waals surface area contributed by atoms with Crippen LogP contribution in [0.3, 0.4) is 0 Å². The summed E-state index contributed by atoms with van der Waals surface area (Å²) >= 11 is 0.754. The third-order valence-corrected chi connectivity index (χ3v) is 3.31. The normalized spacial score (nSPS) is 10.9. The van der Waals surface area contributed by atoms with E-state index in [0.717, 1.165) is 22.0 Å². The molecule has 0 unspecified atom stereocenters. The van der Waals surface area contributed by atoms with Gasteiger partial charge < -0.3 is 5.11 Å². The van der Waals surface area contributed by atoms with Gasteiger partial charge in [-0.15, -0.1) is 0 Å². The largest absolute Gasteiger partial charge is 0.507 e. The predicted molar refractivity (Wildman–Crippen MR) is 60.2 cm³/mol. The summed E-state index contributed by atoms with van der Waals surface area (Å²) in [6, 6.07) is 0.971. The third-order valence-electron chi connectivity index (χ3n) is 2.32. The molecule has 0 atom stereocenters. The van der Waals surface area contributed by atoms with Crippen molar-refractivity contribution in [2.45, 2.75) is 0 Å². The van der Waals surface area contributed by atoms with E-state index < -0.39 is 21.7 Å². The first-order valence-corrected chi connectivity index (χ1v) is 5.18. The fourth-order valence-electron chi connectivity index (χ4n) is 1.47. The van der Waals surface area contributed by atoms with Crippen molar-refractivity contribution in [3.05, 3.63) is 36.4 Å². The minimum absolute atomic E-state index is 0.00537. The van der Waals surface area contributed by atoms with Crippen LogP contribution in [-0.2, 0) is 14.1 Å². The third kappa shape index (κ3) is 1.28. The second-order valence-corrected chi connectivity index (χ2v) is 4.33. The Bertz CT molecular complexity index is 753. The minimum Gasteiger partial charge on any atom is -0.507 e. The van der Waals surface area contributed by atoms with Crippen molar-refractivity contribution < 1.29 is 5.11 Å². The van der Waals surface area contributed by atoms with E-state index in [2.05, 4.69) is 0 Å². The molecule has 0 bridgehead atoms. The average Bonchev–Trinajstić information content (AvgIpc) is 2.22. The van der Waals surface area contributed by atoms with Gasteiger partial charge in [-0.05, 0) is 0 Å². The second-order valence-electron chi connectivity index (χ2n) is 3.34. The van der Waals surface area contributed by atoms with Gasteiger partial charge in [-0.2, -0.15) is 0 Å². The number of hydrogen-bond acceptors (Lipinski definition) is 5. The topological polar surface area (TPSA) is 81.3 Å². The van der Waals surface area contributed by atoms with E-state index in [1.165, 1.54) is 18.7 Å². The summed E-state index contributed by atoms with van der Waals surface area (Å²) in [4.78, 5) is 34.7. The van der Waals surface area contributed by atoms with Gasteiger partial charge in [-0.25, -0.2) is 4.79 Å². The maximum absolute atomic E-state index is 11.7. The van der Waals surface area contributed by atoms with Crippen LogP contribution >= 0.6 is 11.3 Å². The first-order valence-electron chi connectivity index (χ1n) is 4.36. The molecule has 6 nitrogen and oxygen atoms in total. The van der Waals surface area contributed by atoms with Crippen molar-refractivity contribution in [3.63, 3.8) is 0 Å². The molecular weight excluding hydrogens is 232 g/mol. The van der Waals surface area contributed by atoms with Gasteiger partial charge in [-0.1, -0.05) is 11.3 Å². The van der Waals surface area contributed by atoms with E-state index in [0.29, 0.717) is 0 Å². The average molecular weight is 240 g/mol. The summed E-state index contributed by atoms with van der Waals surface area (Å²) in [5, 5.41) is 9.55. The van der Waals surface area contributed by atoms with E-state index in [4.69, 9.17) is 0 Å². The van der Waals surface area contributed by atoms with Gasteiger partial charge in [0.1, 0.15) is 16.0 Å². The van der Waals surface area contributed by atoms with Gasteiger partial charge in [0, 0.05) is 20.2 Å². The summed E-state index contributed by atoms with van der Waals surface area (Å²) in [7, 11) is 2.76. The number of fused-ring (bicyclic) bond motifs is 1. The fraction of sp³-hybridized carbons (Fsp3) is 0.222. The maximum Gasteiger partial charge on any atom is 0.331 e. The quantitative estimate of drug-likeness (QED) is 0.664. The first-order chi connectivity index (χ1) is 7.43. The molecule has 2 rings (SSSR count). The Labute approximate surface area is 92.6 Å². The van der Waals surface area contributed by atoms with E-state index in [9.17, 15) is 19.5 Å². The zero-order chi connectivity index (χ0) is 12.0. The number of aromatic hydroxyl groups is 1. The SMILES string of the molecule is Cn1c(=O)c2c(O)cc(=O)sc2n(C)c1=O. The highest BCUT2D eigenvalue weighted by atomic mass is 32.1. The monoisotopic (exact) mass is 240 g/mol. The Balaban J connectivity index is 3.28. The van der Waals surface area contributed by atoms with Crippen LogP contribution in [0.4, 0.5) is 0 Å². The molecule has 2 heterocycles. The van der Waals surface area contributed by atoms with Crippen LogP contribution in [0.25, 0.3) is 10.2 Å². The molecule has 2 aromatic heterocycles. The van der Waals surface area contributed by atoms with Crippen LogP contribution in [0.2, 0.25) is 0 Å². The molecule has 0 spiro atoms. The lowest BCUT2D eigenvalue weighted by Crippen LogP contribution is -2.36. The summed E-state index contributed by atoms with van der Waals surface area (Å²) in [5.74, 6) is -0.394. The number of rotatable bonds is 0. The highest BCUT2D eigenvalue weighted by molar-refractivity contribution is 7.15. The van der Waals surface area contributed by atoms with Crippen LogP contribution < -0.4 is 16.0 Å². The molecule has 84 valence electrons. The summed E-state index contributed by atoms with van der Waals surface area (Å²) in [6.07, 6.45) is 0. The zero-order valence-electron chi connectivity index (χ0n) is 8.55. The van der Waals surface area contributed by atoms with Crippen molar-refractivity contribution in [1.29, 1.82) is 0 Å². The van der Waals surface area contributed by atoms with Gasteiger partial charge >= 0.3 is 5.69 Å². The number of hydrogen-bond donors (Lipinski definition) is 1. The predicted octanol–water partition coefficient (Wildman–Crippen LogP) is -0.635. The molecule has 7 heteroatoms. The summed E-state index contributed by atoms with van der Waals surface area (Å²) in [6.45, 7) is 0. The van der Waals surface area contributed by atoms with Gasteiger partial charge in [0.05, 0.1) is 0 Å². The molecule has 0 aliphatic heterocycles. The van der Waals surface area contributed by atoms with Gasteiger partial charge in [0.2, 0.25) is 4.74 Å². The molecule has 0 saturated heterocycles. The minimum atomic E-state index is -0.605. The van der Waals surface area contributed by atoms with E-state index in [1.54, 1.807) is 0 Å². The van der Waals surface area contributed by atoms with Crippen molar-refractivity contribution in [2.24, 2.45) is 14.1 Å². The van der Waals surface area contributed by atoms with Gasteiger partial charge in [-0.3, -0.25) is 18.7 Å². The molecule has 0 fully saturated rings. The molecule has 0 amide bonds. The Morgan fingerprint density at radius 1 is 1.19 bits per heavy atom. The molecule has 0 aliphatic rings. The second kappa shape index (κ2) is 3.31.